The van der Waals surface area contributed by atoms with E-state index in [1.807, 2.05) is 31.2 Å². The number of carbonyl (C=O) groups is 2. The number of aryl methyl sites for hydroxylation is 1. The molecule has 0 aliphatic carbocycles. The number of carbonyl (C=O) groups excluding carboxylic acids is 2. The second-order valence-electron chi connectivity index (χ2n) is 8.03. The summed E-state index contributed by atoms with van der Waals surface area (Å²) in [6.07, 6.45) is -1.49. The molecule has 0 radical (unpaired) electrons. The van der Waals surface area contributed by atoms with Gasteiger partial charge in [-0.05, 0) is 36.8 Å². The number of ether oxygens (including phenoxy) is 2. The van der Waals surface area contributed by atoms with E-state index in [2.05, 4.69) is 4.90 Å². The second kappa shape index (κ2) is 9.65. The summed E-state index contributed by atoms with van der Waals surface area (Å²) >= 11 is 0. The molecule has 2 aromatic carbocycles. The number of ketones is 1. The fourth-order valence-electron chi connectivity index (χ4n) is 4.10. The fraction of sp³-hybridized carbons (Fsp3) is 0.360. The molecule has 4 rings (SSSR count). The van der Waals surface area contributed by atoms with Crippen LogP contribution >= 0.6 is 0 Å². The maximum atomic E-state index is 13.4. The van der Waals surface area contributed by atoms with Crippen LogP contribution in [0.25, 0.3) is 5.70 Å². The molecule has 7 nitrogen and oxygen atoms in total. The van der Waals surface area contributed by atoms with Crippen molar-refractivity contribution in [3.8, 4) is 5.75 Å². The summed E-state index contributed by atoms with van der Waals surface area (Å²) < 4.78 is 10.7. The highest BCUT2D eigenvalue weighted by atomic mass is 16.5. The molecule has 1 fully saturated rings. The van der Waals surface area contributed by atoms with Gasteiger partial charge in [0.25, 0.3) is 5.91 Å². The number of Topliss-reactive ketones (excluding diaryl/α,β-unsaturated/α-hetero) is 1. The molecule has 32 heavy (non-hydrogen) atoms. The normalized spacial score (nSPS) is 19.5. The van der Waals surface area contributed by atoms with Crippen LogP contribution < -0.4 is 4.74 Å². The molecule has 2 heterocycles. The Morgan fingerprint density at radius 1 is 1.06 bits per heavy atom. The van der Waals surface area contributed by atoms with Crippen LogP contribution in [0.5, 0.6) is 5.75 Å². The van der Waals surface area contributed by atoms with Crippen molar-refractivity contribution in [1.29, 1.82) is 0 Å². The predicted octanol–water partition coefficient (Wildman–Crippen LogP) is 2.13. The van der Waals surface area contributed by atoms with E-state index in [1.165, 1.54) is 0 Å². The van der Waals surface area contributed by atoms with E-state index < -0.39 is 12.0 Å². The Bertz CT molecular complexity index is 1010. The Morgan fingerprint density at radius 2 is 1.72 bits per heavy atom. The van der Waals surface area contributed by atoms with Gasteiger partial charge in [-0.15, -0.1) is 0 Å². The van der Waals surface area contributed by atoms with Gasteiger partial charge in [-0.25, -0.2) is 0 Å². The van der Waals surface area contributed by atoms with E-state index >= 15 is 0 Å². The monoisotopic (exact) mass is 436 g/mol. The maximum absolute atomic E-state index is 13.4. The number of nitrogens with zero attached hydrogens (tertiary/aromatic N) is 2. The Morgan fingerprint density at radius 3 is 2.34 bits per heavy atom. The van der Waals surface area contributed by atoms with Crippen molar-refractivity contribution in [2.24, 2.45) is 0 Å². The first kappa shape index (κ1) is 22.2. The van der Waals surface area contributed by atoms with Crippen molar-refractivity contribution in [1.82, 2.24) is 9.80 Å². The summed E-state index contributed by atoms with van der Waals surface area (Å²) in [5.74, 6) is -0.143. The van der Waals surface area contributed by atoms with Gasteiger partial charge in [-0.2, -0.15) is 0 Å². The van der Waals surface area contributed by atoms with Crippen LogP contribution in [0.4, 0.5) is 0 Å². The number of methoxy groups -OCH3 is 1. The van der Waals surface area contributed by atoms with Crippen molar-refractivity contribution in [3.63, 3.8) is 0 Å². The lowest BCUT2D eigenvalue weighted by molar-refractivity contribution is -0.133. The zero-order valence-electron chi connectivity index (χ0n) is 18.4. The van der Waals surface area contributed by atoms with Gasteiger partial charge in [0.2, 0.25) is 0 Å². The summed E-state index contributed by atoms with van der Waals surface area (Å²) in [6, 6.07) is 14.3. The number of morpholine rings is 1. The lowest BCUT2D eigenvalue weighted by Crippen LogP contribution is -2.42. The Kier molecular flexibility index (Phi) is 6.69. The second-order valence-corrected chi connectivity index (χ2v) is 8.03. The van der Waals surface area contributed by atoms with E-state index in [0.717, 1.165) is 18.7 Å². The number of hydrogen-bond donors (Lipinski definition) is 1. The Balaban J connectivity index is 1.72. The van der Waals surface area contributed by atoms with Gasteiger partial charge >= 0.3 is 0 Å². The Labute approximate surface area is 187 Å². The molecule has 1 unspecified atom stereocenters. The van der Waals surface area contributed by atoms with Crippen LogP contribution in [-0.4, -0.2) is 79.2 Å². The van der Waals surface area contributed by atoms with E-state index in [0.29, 0.717) is 48.9 Å². The predicted molar refractivity (Wildman–Crippen MR) is 120 cm³/mol. The average Bonchev–Trinajstić information content (AvgIpc) is 3.08. The molecule has 0 aromatic heterocycles. The maximum Gasteiger partial charge on any atom is 0.260 e. The quantitative estimate of drug-likeness (QED) is 0.670. The van der Waals surface area contributed by atoms with Gasteiger partial charge in [0, 0.05) is 31.7 Å². The molecule has 0 saturated carbocycles. The molecular formula is C25H28N2O5. The minimum atomic E-state index is -1.49. The van der Waals surface area contributed by atoms with Gasteiger partial charge in [-0.3, -0.25) is 14.5 Å². The number of hydrogen-bond acceptors (Lipinski definition) is 6. The zero-order chi connectivity index (χ0) is 22.7. The van der Waals surface area contributed by atoms with Crippen LogP contribution in [0.15, 0.2) is 54.1 Å². The molecule has 2 aliphatic heterocycles. The number of amides is 1. The van der Waals surface area contributed by atoms with Gasteiger partial charge in [0.1, 0.15) is 5.75 Å². The first-order valence-electron chi connectivity index (χ1n) is 10.8. The first-order valence-corrected chi connectivity index (χ1v) is 10.8. The topological polar surface area (TPSA) is 79.3 Å². The van der Waals surface area contributed by atoms with Crippen LogP contribution in [0, 0.1) is 6.92 Å². The summed E-state index contributed by atoms with van der Waals surface area (Å²) in [6.45, 7) is 5.86. The largest absolute Gasteiger partial charge is 0.497 e. The molecule has 0 bridgehead atoms. The molecule has 7 heteroatoms. The van der Waals surface area contributed by atoms with Crippen molar-refractivity contribution in [2.75, 3.05) is 46.5 Å². The van der Waals surface area contributed by atoms with E-state index in [4.69, 9.17) is 9.47 Å². The standard InChI is InChI=1S/C25H28N2O5/c1-17-3-5-19(6-4-17)23(28)21-22(18-7-9-20(31-2)10-8-18)27(25(30)24(21)29)12-11-26-13-15-32-16-14-26/h3-10,24,29H,11-16H2,1-2H3. The van der Waals surface area contributed by atoms with Crippen molar-refractivity contribution in [2.45, 2.75) is 13.0 Å². The molecule has 1 atom stereocenters. The third-order valence-corrected chi connectivity index (χ3v) is 5.96. The van der Waals surface area contributed by atoms with Crippen molar-refractivity contribution in [3.05, 3.63) is 70.8 Å². The molecule has 2 aliphatic rings. The first-order chi connectivity index (χ1) is 15.5. The smallest absolute Gasteiger partial charge is 0.260 e. The van der Waals surface area contributed by atoms with Gasteiger partial charge < -0.3 is 19.5 Å². The summed E-state index contributed by atoms with van der Waals surface area (Å²) in [5, 5.41) is 10.9. The fourth-order valence-corrected chi connectivity index (χ4v) is 4.10. The third kappa shape index (κ3) is 4.46. The number of rotatable bonds is 7. The summed E-state index contributed by atoms with van der Waals surface area (Å²) in [5.41, 5.74) is 2.74. The molecule has 1 saturated heterocycles. The minimum absolute atomic E-state index is 0.117. The zero-order valence-corrected chi connectivity index (χ0v) is 18.4. The van der Waals surface area contributed by atoms with Crippen LogP contribution in [0.2, 0.25) is 0 Å². The SMILES string of the molecule is COc1ccc(C2=C(C(=O)c3ccc(C)cc3)C(O)C(=O)N2CCN2CCOCC2)cc1. The molecule has 2 aromatic rings. The van der Waals surface area contributed by atoms with E-state index in [1.54, 1.807) is 36.3 Å². The van der Waals surface area contributed by atoms with Crippen LogP contribution in [-0.2, 0) is 9.53 Å². The minimum Gasteiger partial charge on any atom is -0.497 e. The van der Waals surface area contributed by atoms with Crippen LogP contribution in [0.3, 0.4) is 0 Å². The van der Waals surface area contributed by atoms with Crippen molar-refractivity contribution < 1.29 is 24.2 Å². The molecule has 1 amide bonds. The van der Waals surface area contributed by atoms with Crippen molar-refractivity contribution >= 4 is 17.4 Å². The molecule has 0 spiro atoms. The number of benzene rings is 2. The molecule has 1 N–H and O–H groups in total. The lowest BCUT2D eigenvalue weighted by Gasteiger charge is -2.29. The summed E-state index contributed by atoms with van der Waals surface area (Å²) in [7, 11) is 1.58. The Hall–Kier alpha value is -3.00. The highest BCUT2D eigenvalue weighted by Crippen LogP contribution is 2.35. The van der Waals surface area contributed by atoms with E-state index in [9.17, 15) is 14.7 Å². The lowest BCUT2D eigenvalue weighted by atomic mass is 9.96. The summed E-state index contributed by atoms with van der Waals surface area (Å²) in [4.78, 5) is 30.3. The third-order valence-electron chi connectivity index (χ3n) is 5.96. The molecule has 168 valence electrons. The van der Waals surface area contributed by atoms with Gasteiger partial charge in [-0.1, -0.05) is 29.8 Å². The van der Waals surface area contributed by atoms with Gasteiger partial charge in [0.15, 0.2) is 11.9 Å². The average molecular weight is 437 g/mol. The van der Waals surface area contributed by atoms with Crippen LogP contribution in [0.1, 0.15) is 21.5 Å². The highest BCUT2D eigenvalue weighted by molar-refractivity contribution is 6.20. The van der Waals surface area contributed by atoms with Gasteiger partial charge in [0.05, 0.1) is 31.6 Å². The number of aliphatic hydroxyl groups is 1. The highest BCUT2D eigenvalue weighted by Gasteiger charge is 2.42. The molecular weight excluding hydrogens is 408 g/mol. The number of aliphatic hydroxyl groups excluding tert-OH is 1. The van der Waals surface area contributed by atoms with E-state index in [-0.39, 0.29) is 11.4 Å².